The number of rotatable bonds is 6. The molecular formula is C53H33N3O. The first-order valence-electron chi connectivity index (χ1n) is 19.2. The predicted octanol–water partition coefficient (Wildman–Crippen LogP) is 14.1. The summed E-state index contributed by atoms with van der Waals surface area (Å²) in [6, 6.07) is 69.9. The fraction of sp³-hybridized carbons (Fsp3) is 0. The van der Waals surface area contributed by atoms with Gasteiger partial charge >= 0.3 is 0 Å². The number of furan rings is 1. The number of aromatic nitrogens is 3. The van der Waals surface area contributed by atoms with E-state index < -0.39 is 0 Å². The molecule has 4 heteroatoms. The van der Waals surface area contributed by atoms with Crippen LogP contribution in [0.5, 0.6) is 0 Å². The van der Waals surface area contributed by atoms with E-state index in [4.69, 9.17) is 19.4 Å². The van der Waals surface area contributed by atoms with Crippen molar-refractivity contribution in [2.24, 2.45) is 0 Å². The summed E-state index contributed by atoms with van der Waals surface area (Å²) in [6.45, 7) is 0. The van der Waals surface area contributed by atoms with Crippen LogP contribution in [-0.2, 0) is 0 Å². The third-order valence-electron chi connectivity index (χ3n) is 10.9. The monoisotopic (exact) mass is 727 g/mol. The molecule has 11 rings (SSSR count). The Kier molecular flexibility index (Phi) is 7.78. The fourth-order valence-corrected chi connectivity index (χ4v) is 8.10. The molecule has 11 aromatic rings. The van der Waals surface area contributed by atoms with Crippen LogP contribution in [-0.4, -0.2) is 15.0 Å². The maximum atomic E-state index is 6.77. The first kappa shape index (κ1) is 32.7. The number of benzene rings is 9. The Hall–Kier alpha value is -7.69. The maximum absolute atomic E-state index is 6.77. The molecule has 0 radical (unpaired) electrons. The summed E-state index contributed by atoms with van der Waals surface area (Å²) in [4.78, 5) is 15.6. The van der Waals surface area contributed by atoms with Crippen LogP contribution in [0.3, 0.4) is 0 Å². The molecule has 0 spiro atoms. The van der Waals surface area contributed by atoms with Crippen LogP contribution in [0.4, 0.5) is 0 Å². The lowest BCUT2D eigenvalue weighted by atomic mass is 9.92. The van der Waals surface area contributed by atoms with Gasteiger partial charge in [-0.05, 0) is 73.8 Å². The number of hydrogen-bond donors (Lipinski definition) is 0. The molecule has 2 aromatic heterocycles. The van der Waals surface area contributed by atoms with Crippen LogP contribution in [0.1, 0.15) is 0 Å². The van der Waals surface area contributed by atoms with Gasteiger partial charge in [-0.3, -0.25) is 0 Å². The minimum Gasteiger partial charge on any atom is -0.455 e. The first-order valence-corrected chi connectivity index (χ1v) is 19.2. The predicted molar refractivity (Wildman–Crippen MR) is 235 cm³/mol. The molecule has 0 N–H and O–H groups in total. The minimum absolute atomic E-state index is 0.587. The van der Waals surface area contributed by atoms with E-state index in [-0.39, 0.29) is 0 Å². The SMILES string of the molecule is c1ccc(-c2ccc(-c3nc(-c4ccc5ccccc5c4)nc(-c4cccc5oc6c7ccccc7c(-c7cccc(-c8ccccc8)c7)cc6c45)n3)cc2)cc1. The average Bonchev–Trinajstić information content (AvgIpc) is 3.68. The molecule has 9 aromatic carbocycles. The molecule has 0 atom stereocenters. The summed E-state index contributed by atoms with van der Waals surface area (Å²) in [7, 11) is 0. The Bertz CT molecular complexity index is 3280. The molecule has 0 aliphatic rings. The van der Waals surface area contributed by atoms with Crippen molar-refractivity contribution in [3.8, 4) is 67.5 Å². The first-order chi connectivity index (χ1) is 28.2. The van der Waals surface area contributed by atoms with Gasteiger partial charge in [-0.1, -0.05) is 176 Å². The molecule has 4 nitrogen and oxygen atoms in total. The van der Waals surface area contributed by atoms with Crippen molar-refractivity contribution < 1.29 is 4.42 Å². The van der Waals surface area contributed by atoms with Gasteiger partial charge < -0.3 is 4.42 Å². The zero-order valence-corrected chi connectivity index (χ0v) is 30.8. The summed E-state index contributed by atoms with van der Waals surface area (Å²) in [5.74, 6) is 1.81. The Morgan fingerprint density at radius 2 is 0.860 bits per heavy atom. The van der Waals surface area contributed by atoms with Crippen LogP contribution < -0.4 is 0 Å². The lowest BCUT2D eigenvalue weighted by Crippen LogP contribution is -2.00. The van der Waals surface area contributed by atoms with E-state index in [1.54, 1.807) is 0 Å². The molecule has 0 unspecified atom stereocenters. The molecule has 0 bridgehead atoms. The molecular weight excluding hydrogens is 695 g/mol. The second-order valence-corrected chi connectivity index (χ2v) is 14.4. The fourth-order valence-electron chi connectivity index (χ4n) is 8.10. The summed E-state index contributed by atoms with van der Waals surface area (Å²) in [5, 5.41) is 6.48. The van der Waals surface area contributed by atoms with Gasteiger partial charge in [0.2, 0.25) is 0 Å². The van der Waals surface area contributed by atoms with Crippen molar-refractivity contribution in [1.82, 2.24) is 15.0 Å². The van der Waals surface area contributed by atoms with Crippen molar-refractivity contribution in [2.75, 3.05) is 0 Å². The van der Waals surface area contributed by atoms with Crippen LogP contribution in [0, 0.1) is 0 Å². The highest BCUT2D eigenvalue weighted by Crippen LogP contribution is 2.43. The normalized spacial score (nSPS) is 11.5. The van der Waals surface area contributed by atoms with E-state index >= 15 is 0 Å². The van der Waals surface area contributed by atoms with Crippen molar-refractivity contribution in [2.45, 2.75) is 0 Å². The zero-order chi connectivity index (χ0) is 37.7. The molecule has 0 aliphatic heterocycles. The van der Waals surface area contributed by atoms with Gasteiger partial charge in [-0.2, -0.15) is 0 Å². The lowest BCUT2D eigenvalue weighted by molar-refractivity contribution is 0.673. The molecule has 2 heterocycles. The van der Waals surface area contributed by atoms with Gasteiger partial charge in [0.15, 0.2) is 17.5 Å². The Balaban J connectivity index is 1.13. The van der Waals surface area contributed by atoms with E-state index in [0.29, 0.717) is 17.5 Å². The quantitative estimate of drug-likeness (QED) is 0.171. The molecule has 0 saturated carbocycles. The minimum atomic E-state index is 0.587. The van der Waals surface area contributed by atoms with Crippen LogP contribution >= 0.6 is 0 Å². The summed E-state index contributed by atoms with van der Waals surface area (Å²) >= 11 is 0. The van der Waals surface area contributed by atoms with Crippen molar-refractivity contribution >= 4 is 43.5 Å². The molecule has 0 amide bonds. The number of fused-ring (bicyclic) bond motifs is 6. The van der Waals surface area contributed by atoms with Gasteiger partial charge in [0.25, 0.3) is 0 Å². The molecule has 0 aliphatic carbocycles. The highest BCUT2D eigenvalue weighted by molar-refractivity contribution is 6.22. The van der Waals surface area contributed by atoms with Crippen molar-refractivity contribution in [1.29, 1.82) is 0 Å². The Morgan fingerprint density at radius 3 is 1.65 bits per heavy atom. The van der Waals surface area contributed by atoms with E-state index in [1.807, 2.05) is 18.2 Å². The van der Waals surface area contributed by atoms with Gasteiger partial charge in [-0.25, -0.2) is 15.0 Å². The summed E-state index contributed by atoms with van der Waals surface area (Å²) in [6.07, 6.45) is 0. The highest BCUT2D eigenvalue weighted by Gasteiger charge is 2.21. The Morgan fingerprint density at radius 1 is 0.298 bits per heavy atom. The van der Waals surface area contributed by atoms with Crippen LogP contribution in [0.2, 0.25) is 0 Å². The zero-order valence-electron chi connectivity index (χ0n) is 30.8. The van der Waals surface area contributed by atoms with E-state index in [2.05, 4.69) is 182 Å². The molecule has 57 heavy (non-hydrogen) atoms. The van der Waals surface area contributed by atoms with E-state index in [1.165, 1.54) is 16.5 Å². The second kappa shape index (κ2) is 13.6. The second-order valence-electron chi connectivity index (χ2n) is 14.4. The van der Waals surface area contributed by atoms with E-state index in [9.17, 15) is 0 Å². The summed E-state index contributed by atoms with van der Waals surface area (Å²) < 4.78 is 6.77. The van der Waals surface area contributed by atoms with E-state index in [0.717, 1.165) is 77.0 Å². The standard InChI is InChI=1S/C53H33N3O/c1-3-13-34(14-4-1)37-25-28-38(29-26-37)51-54-52(42-30-27-36-17-7-8-18-39(36)32-42)56-53(55-51)45-23-12-24-48-49(45)47-33-46(43-21-9-10-22-44(43)50(47)57-48)41-20-11-19-40(31-41)35-15-5-2-6-16-35/h1-33H. The van der Waals surface area contributed by atoms with Gasteiger partial charge in [0, 0.05) is 32.8 Å². The lowest BCUT2D eigenvalue weighted by Gasteiger charge is -2.11. The highest BCUT2D eigenvalue weighted by atomic mass is 16.3. The molecule has 0 fully saturated rings. The third kappa shape index (κ3) is 5.83. The largest absolute Gasteiger partial charge is 0.455 e. The van der Waals surface area contributed by atoms with Gasteiger partial charge in [0.1, 0.15) is 11.2 Å². The average molecular weight is 728 g/mol. The van der Waals surface area contributed by atoms with Crippen molar-refractivity contribution in [3.63, 3.8) is 0 Å². The van der Waals surface area contributed by atoms with Crippen LogP contribution in [0.25, 0.3) is 111 Å². The third-order valence-corrected chi connectivity index (χ3v) is 10.9. The Labute approximate surface area is 329 Å². The van der Waals surface area contributed by atoms with Gasteiger partial charge in [0.05, 0.1) is 0 Å². The number of nitrogens with zero attached hydrogens (tertiary/aromatic N) is 3. The molecule has 266 valence electrons. The smallest absolute Gasteiger partial charge is 0.164 e. The summed E-state index contributed by atoms with van der Waals surface area (Å²) in [5.41, 5.74) is 11.3. The number of hydrogen-bond acceptors (Lipinski definition) is 4. The van der Waals surface area contributed by atoms with Crippen molar-refractivity contribution in [3.05, 3.63) is 200 Å². The maximum Gasteiger partial charge on any atom is 0.164 e. The van der Waals surface area contributed by atoms with Gasteiger partial charge in [-0.15, -0.1) is 0 Å². The topological polar surface area (TPSA) is 51.8 Å². The van der Waals surface area contributed by atoms with Crippen LogP contribution in [0.15, 0.2) is 205 Å². The molecule has 0 saturated heterocycles.